The topological polar surface area (TPSA) is 158 Å². The highest BCUT2D eigenvalue weighted by molar-refractivity contribution is 7.52. The van der Waals surface area contributed by atoms with Crippen LogP contribution in [0, 0.1) is 5.92 Å². The van der Waals surface area contributed by atoms with E-state index < -0.39 is 86.0 Å². The summed E-state index contributed by atoms with van der Waals surface area (Å²) in [6.07, 6.45) is -6.86. The van der Waals surface area contributed by atoms with E-state index in [4.69, 9.17) is 21.3 Å². The molecule has 0 saturated carbocycles. The normalized spacial score (nSPS) is 26.5. The van der Waals surface area contributed by atoms with Crippen molar-refractivity contribution in [2.24, 2.45) is 5.92 Å². The van der Waals surface area contributed by atoms with Gasteiger partial charge in [-0.15, -0.1) is 0 Å². The second-order valence-electron chi connectivity index (χ2n) is 9.52. The van der Waals surface area contributed by atoms with Gasteiger partial charge < -0.3 is 19.1 Å². The summed E-state index contributed by atoms with van der Waals surface area (Å²) in [6.45, 7) is 6.80. The van der Waals surface area contributed by atoms with Crippen LogP contribution in [0.4, 0.5) is 4.39 Å². The Labute approximate surface area is 221 Å². The lowest BCUT2D eigenvalue weighted by molar-refractivity contribution is -0.150. The molecule has 3 rings (SSSR count). The number of alkyl halides is 1. The lowest BCUT2D eigenvalue weighted by Crippen LogP contribution is -2.44. The number of hydrogen-bond acceptors (Lipinski definition) is 9. The third-order valence-electron chi connectivity index (χ3n) is 5.63. The highest BCUT2D eigenvalue weighted by Crippen LogP contribution is 2.48. The molecule has 210 valence electrons. The summed E-state index contributed by atoms with van der Waals surface area (Å²) in [5.41, 5.74) is -5.08. The summed E-state index contributed by atoms with van der Waals surface area (Å²) in [6, 6.07) is 5.82. The molecule has 0 bridgehead atoms. The zero-order chi connectivity index (χ0) is 30.0. The van der Waals surface area contributed by atoms with Gasteiger partial charge in [-0.3, -0.25) is 23.7 Å². The van der Waals surface area contributed by atoms with Crippen LogP contribution >= 0.6 is 7.75 Å². The van der Waals surface area contributed by atoms with Gasteiger partial charge in [-0.1, -0.05) is 32.0 Å². The van der Waals surface area contributed by atoms with Crippen LogP contribution in [0.1, 0.15) is 43.6 Å². The molecule has 1 fully saturated rings. The van der Waals surface area contributed by atoms with Crippen molar-refractivity contribution in [3.05, 3.63) is 63.4 Å². The van der Waals surface area contributed by atoms with E-state index >= 15 is 4.39 Å². The number of ether oxygens (including phenoxy) is 2. The Hall–Kier alpha value is -2.83. The predicted molar refractivity (Wildman–Crippen MR) is 134 cm³/mol. The number of nitrogens with zero attached hydrogens (tertiary/aromatic N) is 1. The van der Waals surface area contributed by atoms with Crippen molar-refractivity contribution >= 4 is 13.7 Å². The standard InChI is InChI=1S/C24H33FN3O9P/c1-14(2)19(21(31)35-15(3)4)27-38(33,37-16-9-7-6-8-10-16)34-13-17-20(30)24(5,25)22(36-17)28-12-11-18(29)26-23(28)32/h6-12,14-15,17,19-20,22,30H,13H2,1-5H3,(H,27,33)(H,26,29,32)/t17-,19?,20-,22-,24-,38?/m1/s1/i11D,12D. The molecule has 1 aromatic heterocycles. The van der Waals surface area contributed by atoms with E-state index in [1.807, 2.05) is 0 Å². The van der Waals surface area contributed by atoms with Gasteiger partial charge in [-0.2, -0.15) is 5.09 Å². The SMILES string of the molecule is [2H]c1c([2H])n([C@@H]2O[C@H](COP(=O)(NC(C(=O)OC(C)C)C(C)C)Oc3ccccc3)[C@@H](O)[C@@]2(C)F)c(=O)[nH]c1=O. The van der Waals surface area contributed by atoms with E-state index in [9.17, 15) is 24.1 Å². The maximum atomic E-state index is 15.7. The number of para-hydroxylation sites is 1. The third-order valence-corrected chi connectivity index (χ3v) is 7.16. The Kier molecular flexibility index (Phi) is 8.39. The molecule has 1 aliphatic rings. The minimum absolute atomic E-state index is 0.112. The molecule has 1 aliphatic heterocycles. The van der Waals surface area contributed by atoms with Gasteiger partial charge in [0.05, 0.1) is 15.5 Å². The number of nitrogens with one attached hydrogen (secondary N) is 2. The molecular formula is C24H33FN3O9P. The average molecular weight is 560 g/mol. The number of rotatable bonds is 11. The van der Waals surface area contributed by atoms with Crippen LogP contribution in [0.15, 0.2) is 52.1 Å². The summed E-state index contributed by atoms with van der Waals surface area (Å²) in [7, 11) is -4.44. The molecule has 2 heterocycles. The molecule has 0 radical (unpaired) electrons. The monoisotopic (exact) mass is 559 g/mol. The van der Waals surface area contributed by atoms with Gasteiger partial charge in [0, 0.05) is 12.2 Å². The number of H-pyrrole nitrogens is 1. The van der Waals surface area contributed by atoms with Gasteiger partial charge >= 0.3 is 19.4 Å². The average Bonchev–Trinajstić information content (AvgIpc) is 3.08. The van der Waals surface area contributed by atoms with E-state index in [1.165, 1.54) is 12.1 Å². The minimum Gasteiger partial charge on any atom is -0.462 e. The van der Waals surface area contributed by atoms with E-state index in [0.717, 1.165) is 6.92 Å². The molecule has 1 saturated heterocycles. The fraction of sp³-hybridized carbons (Fsp3) is 0.542. The van der Waals surface area contributed by atoms with Crippen molar-refractivity contribution in [2.45, 2.75) is 70.9 Å². The first-order chi connectivity index (χ1) is 18.6. The Morgan fingerprint density at radius 3 is 2.58 bits per heavy atom. The zero-order valence-electron chi connectivity index (χ0n) is 23.5. The number of benzene rings is 1. The summed E-state index contributed by atoms with van der Waals surface area (Å²) in [5, 5.41) is 13.3. The first kappa shape index (κ1) is 26.8. The highest BCUT2D eigenvalue weighted by atomic mass is 31.2. The molecule has 2 unspecified atom stereocenters. The Balaban J connectivity index is 1.90. The van der Waals surface area contributed by atoms with Crippen molar-refractivity contribution in [2.75, 3.05) is 6.61 Å². The lowest BCUT2D eigenvalue weighted by atomic mass is 9.98. The molecule has 0 amide bonds. The summed E-state index contributed by atoms with van der Waals surface area (Å²) < 4.78 is 67.5. The van der Waals surface area contributed by atoms with Crippen LogP contribution in [0.3, 0.4) is 0 Å². The van der Waals surface area contributed by atoms with Crippen molar-refractivity contribution in [1.29, 1.82) is 0 Å². The first-order valence-corrected chi connectivity index (χ1v) is 13.4. The number of aliphatic hydroxyl groups is 1. The molecule has 38 heavy (non-hydrogen) atoms. The quantitative estimate of drug-likeness (QED) is 0.276. The zero-order valence-corrected chi connectivity index (χ0v) is 22.4. The Morgan fingerprint density at radius 1 is 1.32 bits per heavy atom. The molecule has 6 atom stereocenters. The van der Waals surface area contributed by atoms with Crippen LogP contribution in [0.5, 0.6) is 5.75 Å². The second kappa shape index (κ2) is 11.9. The Bertz CT molecular complexity index is 1370. The molecular weight excluding hydrogens is 524 g/mol. The summed E-state index contributed by atoms with van der Waals surface area (Å²) in [5.74, 6) is -1.04. The first-order valence-electron chi connectivity index (χ1n) is 12.9. The van der Waals surface area contributed by atoms with Gasteiger partial charge in [0.1, 0.15) is 24.0 Å². The summed E-state index contributed by atoms with van der Waals surface area (Å²) >= 11 is 0. The maximum absolute atomic E-state index is 15.7. The molecule has 14 heteroatoms. The number of aromatic nitrogens is 2. The Morgan fingerprint density at radius 2 is 1.97 bits per heavy atom. The van der Waals surface area contributed by atoms with Crippen molar-refractivity contribution < 1.29 is 40.1 Å². The number of hydrogen-bond donors (Lipinski definition) is 3. The number of aromatic amines is 1. The van der Waals surface area contributed by atoms with Crippen LogP contribution in [0.25, 0.3) is 0 Å². The number of carbonyl (C=O) groups excluding carboxylic acids is 1. The fourth-order valence-corrected chi connectivity index (χ4v) is 5.34. The third kappa shape index (κ3) is 6.97. The second-order valence-corrected chi connectivity index (χ2v) is 11.2. The van der Waals surface area contributed by atoms with Gasteiger partial charge in [-0.25, -0.2) is 13.8 Å². The van der Waals surface area contributed by atoms with Gasteiger partial charge in [0.15, 0.2) is 11.9 Å². The highest BCUT2D eigenvalue weighted by Gasteiger charge is 2.56. The molecule has 3 N–H and O–H groups in total. The van der Waals surface area contributed by atoms with Gasteiger partial charge in [-0.05, 0) is 38.8 Å². The van der Waals surface area contributed by atoms with E-state index in [0.29, 0.717) is 4.57 Å². The molecule has 1 aromatic carbocycles. The van der Waals surface area contributed by atoms with Crippen molar-refractivity contribution in [3.8, 4) is 5.75 Å². The van der Waals surface area contributed by atoms with Crippen molar-refractivity contribution in [1.82, 2.24) is 14.6 Å². The molecule has 2 aromatic rings. The van der Waals surface area contributed by atoms with E-state index in [-0.39, 0.29) is 5.75 Å². The molecule has 12 nitrogen and oxygen atoms in total. The number of halogens is 1. The molecule has 0 aliphatic carbocycles. The van der Waals surface area contributed by atoms with E-state index in [2.05, 4.69) is 5.09 Å². The van der Waals surface area contributed by atoms with Gasteiger partial charge in [0.25, 0.3) is 5.56 Å². The summed E-state index contributed by atoms with van der Waals surface area (Å²) in [4.78, 5) is 38.5. The predicted octanol–water partition coefficient (Wildman–Crippen LogP) is 2.29. The van der Waals surface area contributed by atoms with Crippen molar-refractivity contribution in [3.63, 3.8) is 0 Å². The van der Waals surface area contributed by atoms with Crippen LogP contribution in [0.2, 0.25) is 0 Å². The lowest BCUT2D eigenvalue weighted by Gasteiger charge is -2.28. The maximum Gasteiger partial charge on any atom is 0.459 e. The van der Waals surface area contributed by atoms with E-state index in [1.54, 1.807) is 50.9 Å². The van der Waals surface area contributed by atoms with Gasteiger partial charge in [0.2, 0.25) is 0 Å². The van der Waals surface area contributed by atoms with Crippen LogP contribution in [-0.4, -0.2) is 57.3 Å². The number of esters is 1. The fourth-order valence-electron chi connectivity index (χ4n) is 3.67. The number of carbonyl (C=O) groups is 1. The smallest absolute Gasteiger partial charge is 0.459 e. The van der Waals surface area contributed by atoms with Crippen LogP contribution < -0.4 is 20.9 Å². The minimum atomic E-state index is -4.44. The largest absolute Gasteiger partial charge is 0.462 e. The van der Waals surface area contributed by atoms with Crippen LogP contribution in [-0.2, 0) is 23.4 Å². The molecule has 0 spiro atoms. The number of aliphatic hydroxyl groups excluding tert-OH is 1.